The van der Waals surface area contributed by atoms with E-state index >= 15 is 0 Å². The molecule has 164 valence electrons. The Labute approximate surface area is 191 Å². The number of ketones is 1. The summed E-state index contributed by atoms with van der Waals surface area (Å²) in [6, 6.07) is 15.9. The monoisotopic (exact) mass is 450 g/mol. The summed E-state index contributed by atoms with van der Waals surface area (Å²) in [7, 11) is 3.11. The number of halogens is 1. The van der Waals surface area contributed by atoms with Gasteiger partial charge in [-0.05, 0) is 29.8 Å². The number of hydrogen-bond donors (Lipinski definition) is 0. The first-order valence-corrected chi connectivity index (χ1v) is 10.6. The van der Waals surface area contributed by atoms with Crippen LogP contribution in [0.25, 0.3) is 0 Å². The largest absolute Gasteiger partial charge is 0.493 e. The number of pyridine rings is 1. The molecule has 2 aromatic carbocycles. The lowest BCUT2D eigenvalue weighted by Gasteiger charge is -2.29. The summed E-state index contributed by atoms with van der Waals surface area (Å²) in [5.41, 5.74) is 2.96. The maximum absolute atomic E-state index is 13.3. The van der Waals surface area contributed by atoms with Crippen molar-refractivity contribution in [3.8, 4) is 11.5 Å². The lowest BCUT2D eigenvalue weighted by Crippen LogP contribution is -2.31. The van der Waals surface area contributed by atoms with Gasteiger partial charge in [-0.3, -0.25) is 14.6 Å². The predicted octanol–water partition coefficient (Wildman–Crippen LogP) is 4.65. The van der Waals surface area contributed by atoms with Crippen LogP contribution in [0.2, 0.25) is 5.02 Å². The van der Waals surface area contributed by atoms with Crippen LogP contribution in [0.3, 0.4) is 0 Å². The van der Waals surface area contributed by atoms with Gasteiger partial charge in [0.05, 0.1) is 25.3 Å². The number of Topliss-reactive ketones (excluding diaryl/α,β-unsaturated/α-hetero) is 1. The third-order valence-electron chi connectivity index (χ3n) is 5.61. The summed E-state index contributed by atoms with van der Waals surface area (Å²) >= 11 is 5.90. The molecule has 0 bridgehead atoms. The van der Waals surface area contributed by atoms with Gasteiger partial charge in [-0.2, -0.15) is 0 Å². The number of carbonyl (C=O) groups is 2. The van der Waals surface area contributed by atoms with E-state index < -0.39 is 6.04 Å². The van der Waals surface area contributed by atoms with Crippen LogP contribution in [-0.4, -0.2) is 35.8 Å². The second kappa shape index (κ2) is 9.40. The van der Waals surface area contributed by atoms with Crippen molar-refractivity contribution < 1.29 is 19.1 Å². The third-order valence-corrected chi connectivity index (χ3v) is 5.83. The predicted molar refractivity (Wildman–Crippen MR) is 121 cm³/mol. The van der Waals surface area contributed by atoms with Gasteiger partial charge in [0, 0.05) is 42.4 Å². The van der Waals surface area contributed by atoms with E-state index in [1.54, 1.807) is 37.3 Å². The first-order chi connectivity index (χ1) is 15.5. The molecule has 1 amide bonds. The van der Waals surface area contributed by atoms with Crippen molar-refractivity contribution in [3.05, 3.63) is 88.2 Å². The van der Waals surface area contributed by atoms with Gasteiger partial charge >= 0.3 is 0 Å². The van der Waals surface area contributed by atoms with Crippen LogP contribution < -0.4 is 9.47 Å². The molecule has 1 aliphatic rings. The van der Waals surface area contributed by atoms with E-state index in [4.69, 9.17) is 21.1 Å². The summed E-state index contributed by atoms with van der Waals surface area (Å²) in [6.07, 6.45) is 1.79. The van der Waals surface area contributed by atoms with Crippen LogP contribution in [0.5, 0.6) is 11.5 Å². The van der Waals surface area contributed by atoms with Crippen LogP contribution in [0.15, 0.2) is 60.8 Å². The summed E-state index contributed by atoms with van der Waals surface area (Å²) in [4.78, 5) is 32.3. The van der Waals surface area contributed by atoms with Gasteiger partial charge in [0.1, 0.15) is 5.78 Å². The Morgan fingerprint density at radius 2 is 1.91 bits per heavy atom. The van der Waals surface area contributed by atoms with Crippen molar-refractivity contribution in [2.24, 2.45) is 0 Å². The molecule has 0 N–H and O–H groups in total. The molecule has 0 spiro atoms. The fourth-order valence-corrected chi connectivity index (χ4v) is 4.20. The van der Waals surface area contributed by atoms with Crippen molar-refractivity contribution in [1.29, 1.82) is 0 Å². The average Bonchev–Trinajstić information content (AvgIpc) is 3.14. The molecule has 1 unspecified atom stereocenters. The Hall–Kier alpha value is -3.38. The van der Waals surface area contributed by atoms with E-state index in [0.717, 1.165) is 11.1 Å². The van der Waals surface area contributed by atoms with Crippen LogP contribution >= 0.6 is 11.6 Å². The topological polar surface area (TPSA) is 68.7 Å². The van der Waals surface area contributed by atoms with Crippen molar-refractivity contribution in [2.45, 2.75) is 25.4 Å². The Balaban J connectivity index is 1.69. The number of amides is 1. The zero-order chi connectivity index (χ0) is 22.7. The van der Waals surface area contributed by atoms with E-state index in [2.05, 4.69) is 4.98 Å². The molecule has 0 saturated carbocycles. The zero-order valence-electron chi connectivity index (χ0n) is 17.9. The number of aromatic nitrogens is 1. The van der Waals surface area contributed by atoms with Gasteiger partial charge in [-0.15, -0.1) is 0 Å². The fourth-order valence-electron chi connectivity index (χ4n) is 4.09. The van der Waals surface area contributed by atoms with Gasteiger partial charge < -0.3 is 14.4 Å². The highest BCUT2D eigenvalue weighted by Crippen LogP contribution is 2.41. The van der Waals surface area contributed by atoms with Crippen LogP contribution in [0, 0.1) is 0 Å². The highest BCUT2D eigenvalue weighted by atomic mass is 35.5. The molecular formula is C25H23ClN2O4. The molecule has 4 rings (SSSR count). The maximum Gasteiger partial charge on any atom is 0.255 e. The standard InChI is InChI=1S/C25H23ClN2O4/c1-31-23-9-5-8-21(24(23)32-2)22(13-19(29)12-18-11-10-17(26)14-27-18)28-15-16-6-3-4-7-20(16)25(28)30/h3-11,14,22H,12-13,15H2,1-2H3. The number of benzene rings is 2. The van der Waals surface area contributed by atoms with Crippen molar-refractivity contribution in [1.82, 2.24) is 9.88 Å². The Morgan fingerprint density at radius 3 is 2.59 bits per heavy atom. The maximum atomic E-state index is 13.3. The first-order valence-electron chi connectivity index (χ1n) is 10.2. The van der Waals surface area contributed by atoms with Crippen LogP contribution in [0.1, 0.15) is 39.6 Å². The molecule has 0 radical (unpaired) electrons. The second-order valence-corrected chi connectivity index (χ2v) is 8.01. The highest BCUT2D eigenvalue weighted by Gasteiger charge is 2.36. The summed E-state index contributed by atoms with van der Waals surface area (Å²) < 4.78 is 11.1. The molecule has 3 aromatic rings. The molecule has 2 heterocycles. The number of carbonyl (C=O) groups excluding carboxylic acids is 2. The smallest absolute Gasteiger partial charge is 0.255 e. The number of hydrogen-bond acceptors (Lipinski definition) is 5. The second-order valence-electron chi connectivity index (χ2n) is 7.58. The normalized spacial score (nSPS) is 13.6. The molecule has 6 nitrogen and oxygen atoms in total. The van der Waals surface area contributed by atoms with Gasteiger partial charge in [-0.25, -0.2) is 0 Å². The molecule has 1 aliphatic heterocycles. The zero-order valence-corrected chi connectivity index (χ0v) is 18.6. The SMILES string of the molecule is COc1cccc(C(CC(=O)Cc2ccc(Cl)cn2)N2Cc3ccccc3C2=O)c1OC. The van der Waals surface area contributed by atoms with E-state index in [1.165, 1.54) is 6.20 Å². The third kappa shape index (κ3) is 4.32. The summed E-state index contributed by atoms with van der Waals surface area (Å²) in [6.45, 7) is 0.423. The minimum absolute atomic E-state index is 0.0431. The molecule has 7 heteroatoms. The van der Waals surface area contributed by atoms with Gasteiger partial charge in [0.2, 0.25) is 0 Å². The lowest BCUT2D eigenvalue weighted by atomic mass is 9.96. The Morgan fingerprint density at radius 1 is 1.09 bits per heavy atom. The number of ether oxygens (including phenoxy) is 2. The van der Waals surface area contributed by atoms with Crippen LogP contribution in [0.4, 0.5) is 0 Å². The summed E-state index contributed by atoms with van der Waals surface area (Å²) in [5, 5.41) is 0.514. The summed E-state index contributed by atoms with van der Waals surface area (Å²) in [5.74, 6) is 0.915. The van der Waals surface area contributed by atoms with Crippen molar-refractivity contribution in [3.63, 3.8) is 0 Å². The number of methoxy groups -OCH3 is 2. The minimum Gasteiger partial charge on any atom is -0.493 e. The van der Waals surface area contributed by atoms with Crippen LogP contribution in [-0.2, 0) is 17.8 Å². The highest BCUT2D eigenvalue weighted by molar-refractivity contribution is 6.30. The van der Waals surface area contributed by atoms with Crippen molar-refractivity contribution >= 4 is 23.3 Å². The number of rotatable bonds is 8. The molecule has 0 fully saturated rings. The molecule has 1 atom stereocenters. The van der Waals surface area contributed by atoms with Gasteiger partial charge in [-0.1, -0.05) is 41.9 Å². The van der Waals surface area contributed by atoms with Gasteiger partial charge in [0.15, 0.2) is 11.5 Å². The van der Waals surface area contributed by atoms with Gasteiger partial charge in [0.25, 0.3) is 5.91 Å². The molecule has 1 aromatic heterocycles. The van der Waals surface area contributed by atoms with Crippen molar-refractivity contribution in [2.75, 3.05) is 14.2 Å². The molecular weight excluding hydrogens is 428 g/mol. The van der Waals surface area contributed by atoms with E-state index in [1.807, 2.05) is 36.4 Å². The number of fused-ring (bicyclic) bond motifs is 1. The Kier molecular flexibility index (Phi) is 6.42. The molecule has 0 aliphatic carbocycles. The fraction of sp³-hybridized carbons (Fsp3) is 0.240. The minimum atomic E-state index is -0.514. The number of nitrogens with zero attached hydrogens (tertiary/aromatic N) is 2. The molecule has 0 saturated heterocycles. The first kappa shape index (κ1) is 21.8. The van der Waals surface area contributed by atoms with E-state index in [0.29, 0.717) is 34.3 Å². The average molecular weight is 451 g/mol. The number of para-hydroxylation sites is 1. The quantitative estimate of drug-likeness (QED) is 0.499. The Bertz CT molecular complexity index is 1150. The molecule has 32 heavy (non-hydrogen) atoms. The lowest BCUT2D eigenvalue weighted by molar-refractivity contribution is -0.119. The van der Waals surface area contributed by atoms with E-state index in [9.17, 15) is 9.59 Å². The van der Waals surface area contributed by atoms with E-state index in [-0.39, 0.29) is 24.5 Å².